The van der Waals surface area contributed by atoms with Gasteiger partial charge in [-0.3, -0.25) is 19.2 Å². The predicted molar refractivity (Wildman–Crippen MR) is 162 cm³/mol. The molecule has 0 aromatic heterocycles. The Morgan fingerprint density at radius 1 is 0.556 bits per heavy atom. The quantitative estimate of drug-likeness (QED) is 0.121. The smallest absolute Gasteiger partial charge is 0.481 e. The van der Waals surface area contributed by atoms with Crippen molar-refractivity contribution < 1.29 is 60.7 Å². The van der Waals surface area contributed by atoms with E-state index in [4.69, 9.17) is 31.3 Å². The van der Waals surface area contributed by atoms with Gasteiger partial charge in [-0.05, 0) is 105 Å². The van der Waals surface area contributed by atoms with Crippen LogP contribution in [-0.4, -0.2) is 91.3 Å². The summed E-state index contributed by atoms with van der Waals surface area (Å²) >= 11 is 0. The van der Waals surface area contributed by atoms with Gasteiger partial charge in [0.05, 0.1) is 10.8 Å². The van der Waals surface area contributed by atoms with Crippen molar-refractivity contribution in [2.75, 3.05) is 39.6 Å². The summed E-state index contributed by atoms with van der Waals surface area (Å²) < 4.78 is 42.6. The second kappa shape index (κ2) is 13.4. The van der Waals surface area contributed by atoms with Crippen LogP contribution < -0.4 is 0 Å². The van der Waals surface area contributed by atoms with Gasteiger partial charge in [0.2, 0.25) is 0 Å². The highest BCUT2D eigenvalue weighted by molar-refractivity contribution is 6.70. The van der Waals surface area contributed by atoms with Crippen LogP contribution in [0.4, 0.5) is 0 Å². The number of carbonyl (C=O) groups is 4. The summed E-state index contributed by atoms with van der Waals surface area (Å²) in [5, 5.41) is 18.2. The second-order valence-electron chi connectivity index (χ2n) is 12.6. The van der Waals surface area contributed by atoms with Crippen molar-refractivity contribution in [2.45, 2.75) is 103 Å². The zero-order valence-corrected chi connectivity index (χ0v) is 29.4. The molecule has 6 unspecified atom stereocenters. The lowest BCUT2D eigenvalue weighted by atomic mass is 9.72. The highest BCUT2D eigenvalue weighted by Crippen LogP contribution is 2.75. The van der Waals surface area contributed by atoms with Gasteiger partial charge in [-0.25, -0.2) is 0 Å². The third kappa shape index (κ3) is 4.90. The second-order valence-corrected chi connectivity index (χ2v) is 18.3. The Bertz CT molecular complexity index is 1030. The van der Waals surface area contributed by atoms with Crippen molar-refractivity contribution in [3.63, 3.8) is 0 Å². The van der Waals surface area contributed by atoms with Crippen molar-refractivity contribution in [1.29, 1.82) is 0 Å². The van der Waals surface area contributed by atoms with Gasteiger partial charge < -0.3 is 41.5 Å². The van der Waals surface area contributed by atoms with Gasteiger partial charge in [0.1, 0.15) is 0 Å². The Morgan fingerprint density at radius 3 is 1.07 bits per heavy atom. The topological polar surface area (TPSA) is 173 Å². The van der Waals surface area contributed by atoms with E-state index in [2.05, 4.69) is 0 Å². The van der Waals surface area contributed by atoms with E-state index >= 15 is 0 Å². The predicted octanol–water partition coefficient (Wildman–Crippen LogP) is 4.18. The summed E-state index contributed by atoms with van der Waals surface area (Å²) in [5.74, 6) is -4.86. The number of carboxylic acids is 2. The maximum absolute atomic E-state index is 14.6. The molecule has 13 nitrogen and oxygen atoms in total. The molecule has 45 heavy (non-hydrogen) atoms. The summed E-state index contributed by atoms with van der Waals surface area (Å²) in [7, 11) is -8.27. The number of fused-ring (bicyclic) bond motifs is 4. The first-order valence-electron chi connectivity index (χ1n) is 16.4. The molecule has 0 radical (unpaired) electrons. The largest absolute Gasteiger partial charge is 0.520 e. The molecular weight excluding hydrogens is 624 g/mol. The number of hydrogen-bond donors (Lipinski definition) is 2. The number of aliphatic carboxylic acids is 2. The number of ether oxygens (including phenoxy) is 1. The van der Waals surface area contributed by atoms with Crippen LogP contribution in [0.25, 0.3) is 0 Å². The van der Waals surface area contributed by atoms with E-state index in [0.29, 0.717) is 12.8 Å². The van der Waals surface area contributed by atoms with Crippen LogP contribution in [0.2, 0.25) is 10.1 Å². The average molecular weight is 675 g/mol. The van der Waals surface area contributed by atoms with Gasteiger partial charge in [-0.15, -0.1) is 0 Å². The van der Waals surface area contributed by atoms with Crippen LogP contribution in [-0.2, 0) is 50.5 Å². The van der Waals surface area contributed by atoms with Gasteiger partial charge in [-0.2, -0.15) is 0 Å². The van der Waals surface area contributed by atoms with Gasteiger partial charge in [-0.1, -0.05) is 0 Å². The van der Waals surface area contributed by atoms with Crippen LogP contribution in [0.15, 0.2) is 0 Å². The standard InChI is InChI=1S/C30H50O13Si2/c1-7-37-44(38-8-2,39-9-3)29(23(31)32)19-21-13-15-27(29,17-21)25(35)43-26(36)28-16-14-22(18-28)20-30(28,24(33)34)45(40-10-4,41-11-5)42-12-6/h21-22H,7-20H2,1-6H3,(H,31,32)(H,33,34). The van der Waals surface area contributed by atoms with Crippen molar-refractivity contribution in [3.05, 3.63) is 0 Å². The molecule has 4 fully saturated rings. The monoisotopic (exact) mass is 674 g/mol. The van der Waals surface area contributed by atoms with Crippen LogP contribution in [0.3, 0.4) is 0 Å². The summed E-state index contributed by atoms with van der Waals surface area (Å²) in [6, 6.07) is 0. The molecule has 0 spiro atoms. The third-order valence-corrected chi connectivity index (χ3v) is 18.7. The van der Waals surface area contributed by atoms with Crippen LogP contribution >= 0.6 is 0 Å². The van der Waals surface area contributed by atoms with Crippen molar-refractivity contribution >= 4 is 41.5 Å². The molecule has 0 heterocycles. The molecule has 256 valence electrons. The lowest BCUT2D eigenvalue weighted by molar-refractivity contribution is -0.184. The summed E-state index contributed by atoms with van der Waals surface area (Å²) in [5.41, 5.74) is -3.34. The lowest BCUT2D eigenvalue weighted by Gasteiger charge is -2.50. The molecule has 4 rings (SSSR count). The fraction of sp³-hybridized carbons (Fsp3) is 0.867. The van der Waals surface area contributed by atoms with Gasteiger partial charge >= 0.3 is 41.5 Å². The van der Waals surface area contributed by atoms with E-state index < -0.39 is 62.4 Å². The number of carbonyl (C=O) groups excluding carboxylic acids is 2. The van der Waals surface area contributed by atoms with E-state index in [1.165, 1.54) is 0 Å². The molecule has 0 saturated heterocycles. The zero-order chi connectivity index (χ0) is 33.3. The van der Waals surface area contributed by atoms with E-state index in [-0.39, 0.29) is 90.0 Å². The molecule has 4 bridgehead atoms. The Kier molecular flexibility index (Phi) is 10.8. The SMILES string of the molecule is CCO[Si](OCC)(OCC)C1(C(=O)O)CC2CCC1(C(=O)OC(=O)C13CCC(C1)CC3(C(=O)O)[Si](OCC)(OCC)OCC)C2. The molecule has 6 atom stereocenters. The maximum atomic E-state index is 14.6. The lowest BCUT2D eigenvalue weighted by Crippen LogP contribution is -2.67. The average Bonchev–Trinajstić information content (AvgIpc) is 3.77. The molecule has 0 aromatic carbocycles. The minimum atomic E-state index is -4.13. The van der Waals surface area contributed by atoms with E-state index in [9.17, 15) is 29.4 Å². The molecule has 4 aliphatic rings. The number of hydrogen-bond acceptors (Lipinski definition) is 11. The highest BCUT2D eigenvalue weighted by Gasteiger charge is 2.85. The fourth-order valence-electron chi connectivity index (χ4n) is 9.49. The molecule has 15 heteroatoms. The van der Waals surface area contributed by atoms with Crippen molar-refractivity contribution in [1.82, 2.24) is 0 Å². The molecule has 0 aliphatic heterocycles. The first-order valence-corrected chi connectivity index (χ1v) is 19.9. The first kappa shape index (κ1) is 36.1. The Hall–Kier alpha value is -1.73. The Balaban J connectivity index is 1.83. The fourth-order valence-corrected chi connectivity index (χ4v) is 17.2. The summed E-state index contributed by atoms with van der Waals surface area (Å²) in [4.78, 5) is 56.1. The molecule has 4 saturated carbocycles. The molecular formula is C30H50O13Si2. The molecule has 0 aromatic rings. The highest BCUT2D eigenvalue weighted by atomic mass is 28.4. The van der Waals surface area contributed by atoms with E-state index in [0.717, 1.165) is 0 Å². The third-order valence-electron chi connectivity index (χ3n) is 10.8. The number of carboxylic acid groups (broad SMARTS) is 2. The number of esters is 2. The maximum Gasteiger partial charge on any atom is 0.520 e. The van der Waals surface area contributed by atoms with E-state index in [1.54, 1.807) is 41.5 Å². The molecule has 0 amide bonds. The van der Waals surface area contributed by atoms with Gasteiger partial charge in [0.15, 0.2) is 10.1 Å². The van der Waals surface area contributed by atoms with Gasteiger partial charge in [0, 0.05) is 39.6 Å². The van der Waals surface area contributed by atoms with Crippen LogP contribution in [0.5, 0.6) is 0 Å². The molecule has 2 N–H and O–H groups in total. The Labute approximate surface area is 267 Å². The summed E-state index contributed by atoms with van der Waals surface area (Å²) in [6.45, 7) is 10.9. The molecule has 4 aliphatic carbocycles. The van der Waals surface area contributed by atoms with Crippen LogP contribution in [0, 0.1) is 22.7 Å². The van der Waals surface area contributed by atoms with Crippen molar-refractivity contribution in [2.24, 2.45) is 22.7 Å². The summed E-state index contributed by atoms with van der Waals surface area (Å²) in [6.07, 6.45) is 1.92. The van der Waals surface area contributed by atoms with E-state index in [1.807, 2.05) is 0 Å². The van der Waals surface area contributed by atoms with Gasteiger partial charge in [0.25, 0.3) is 0 Å². The Morgan fingerprint density at radius 2 is 0.844 bits per heavy atom. The minimum absolute atomic E-state index is 0.0825. The first-order chi connectivity index (χ1) is 21.4. The van der Waals surface area contributed by atoms with Crippen molar-refractivity contribution in [3.8, 4) is 0 Å². The normalized spacial score (nSPS) is 33.9. The zero-order valence-electron chi connectivity index (χ0n) is 27.4. The minimum Gasteiger partial charge on any atom is -0.481 e. The number of rotatable bonds is 18. The van der Waals surface area contributed by atoms with Crippen LogP contribution in [0.1, 0.15) is 92.9 Å².